The lowest BCUT2D eigenvalue weighted by Gasteiger charge is -2.21. The summed E-state index contributed by atoms with van der Waals surface area (Å²) in [6, 6.07) is 0. The van der Waals surface area contributed by atoms with Crippen LogP contribution < -0.4 is 0 Å². The van der Waals surface area contributed by atoms with Crippen LogP contribution in [0.15, 0.2) is 4.42 Å². The molecule has 1 aromatic heterocycles. The summed E-state index contributed by atoms with van der Waals surface area (Å²) in [6.07, 6.45) is 7.68. The standard InChI is InChI=1S/C17H33N2O4P/c1-6-7-8-9-10-11-12-16-18-19-17(21-16)13-24(20,22-14(2)3)23-15(4)5/h14-15H,6-13H2,1-5H3. The minimum absolute atomic E-state index is 0.0207. The quantitative estimate of drug-likeness (QED) is 0.341. The molecule has 0 atom stereocenters. The molecule has 6 nitrogen and oxygen atoms in total. The summed E-state index contributed by atoms with van der Waals surface area (Å²) in [5, 5.41) is 8.04. The van der Waals surface area contributed by atoms with Gasteiger partial charge in [0.15, 0.2) is 0 Å². The third kappa shape index (κ3) is 8.95. The molecule has 1 aromatic rings. The fraction of sp³-hybridized carbons (Fsp3) is 0.882. The Labute approximate surface area is 146 Å². The third-order valence-corrected chi connectivity index (χ3v) is 5.47. The molecule has 0 fully saturated rings. The van der Waals surface area contributed by atoms with E-state index < -0.39 is 7.60 Å². The molecular formula is C17H33N2O4P. The Morgan fingerprint density at radius 2 is 1.46 bits per heavy atom. The fourth-order valence-corrected chi connectivity index (χ4v) is 4.36. The molecular weight excluding hydrogens is 327 g/mol. The highest BCUT2D eigenvalue weighted by atomic mass is 31.2. The Hall–Kier alpha value is -0.710. The normalized spacial score (nSPS) is 12.5. The molecule has 7 heteroatoms. The first-order valence-corrected chi connectivity index (χ1v) is 10.8. The minimum atomic E-state index is -3.28. The highest BCUT2D eigenvalue weighted by Crippen LogP contribution is 2.53. The van der Waals surface area contributed by atoms with Crippen LogP contribution in [0, 0.1) is 0 Å². The highest BCUT2D eigenvalue weighted by molar-refractivity contribution is 7.53. The van der Waals surface area contributed by atoms with Crippen LogP contribution >= 0.6 is 7.60 Å². The van der Waals surface area contributed by atoms with E-state index in [4.69, 9.17) is 13.5 Å². The van der Waals surface area contributed by atoms with E-state index in [1.54, 1.807) is 0 Å². The third-order valence-electron chi connectivity index (χ3n) is 3.32. The maximum atomic E-state index is 12.8. The van der Waals surface area contributed by atoms with Gasteiger partial charge < -0.3 is 13.5 Å². The van der Waals surface area contributed by atoms with Crippen LogP contribution in [-0.2, 0) is 26.2 Å². The second kappa shape index (κ2) is 11.0. The number of hydrogen-bond acceptors (Lipinski definition) is 6. The van der Waals surface area contributed by atoms with Crippen LogP contribution in [-0.4, -0.2) is 22.4 Å². The minimum Gasteiger partial charge on any atom is -0.425 e. The smallest absolute Gasteiger partial charge is 0.340 e. The molecule has 0 aromatic carbocycles. The van der Waals surface area contributed by atoms with Crippen LogP contribution in [0.4, 0.5) is 0 Å². The van der Waals surface area contributed by atoms with Crippen molar-refractivity contribution in [3.05, 3.63) is 11.8 Å². The van der Waals surface area contributed by atoms with Crippen molar-refractivity contribution in [2.24, 2.45) is 0 Å². The van der Waals surface area contributed by atoms with Crippen molar-refractivity contribution in [2.45, 2.75) is 97.9 Å². The van der Waals surface area contributed by atoms with Gasteiger partial charge in [0.2, 0.25) is 11.8 Å². The molecule has 140 valence electrons. The van der Waals surface area contributed by atoms with Gasteiger partial charge in [0.1, 0.15) is 6.16 Å². The van der Waals surface area contributed by atoms with Crippen LogP contribution in [0.2, 0.25) is 0 Å². The monoisotopic (exact) mass is 360 g/mol. The fourth-order valence-electron chi connectivity index (χ4n) is 2.42. The summed E-state index contributed by atoms with van der Waals surface area (Å²) >= 11 is 0. The van der Waals surface area contributed by atoms with E-state index in [1.165, 1.54) is 32.1 Å². The summed E-state index contributed by atoms with van der Waals surface area (Å²) in [5.74, 6) is 0.918. The molecule has 0 spiro atoms. The maximum absolute atomic E-state index is 12.8. The Bertz CT molecular complexity index is 489. The average molecular weight is 360 g/mol. The predicted molar refractivity (Wildman–Crippen MR) is 95.1 cm³/mol. The van der Waals surface area contributed by atoms with Gasteiger partial charge in [-0.1, -0.05) is 39.0 Å². The van der Waals surface area contributed by atoms with E-state index in [2.05, 4.69) is 17.1 Å². The summed E-state index contributed by atoms with van der Waals surface area (Å²) in [7, 11) is -3.28. The SMILES string of the molecule is CCCCCCCCc1nnc(CP(=O)(OC(C)C)OC(C)C)o1. The molecule has 0 aliphatic heterocycles. The lowest BCUT2D eigenvalue weighted by atomic mass is 10.1. The van der Waals surface area contributed by atoms with Crippen molar-refractivity contribution in [2.75, 3.05) is 0 Å². The molecule has 0 amide bonds. The van der Waals surface area contributed by atoms with Gasteiger partial charge in [-0.05, 0) is 34.1 Å². The van der Waals surface area contributed by atoms with E-state index >= 15 is 0 Å². The van der Waals surface area contributed by atoms with E-state index in [-0.39, 0.29) is 18.4 Å². The first-order valence-electron chi connectivity index (χ1n) is 9.11. The number of unbranched alkanes of at least 4 members (excludes halogenated alkanes) is 5. The summed E-state index contributed by atoms with van der Waals surface area (Å²) < 4.78 is 29.4. The number of nitrogens with zero attached hydrogens (tertiary/aromatic N) is 2. The Balaban J connectivity index is 2.49. The van der Waals surface area contributed by atoms with Crippen LogP contribution in [0.5, 0.6) is 0 Å². The Morgan fingerprint density at radius 3 is 2.04 bits per heavy atom. The lowest BCUT2D eigenvalue weighted by molar-refractivity contribution is 0.140. The average Bonchev–Trinajstić information content (AvgIpc) is 2.87. The largest absolute Gasteiger partial charge is 0.425 e. The molecule has 24 heavy (non-hydrogen) atoms. The topological polar surface area (TPSA) is 74.5 Å². The molecule has 1 heterocycles. The highest BCUT2D eigenvalue weighted by Gasteiger charge is 2.30. The van der Waals surface area contributed by atoms with Gasteiger partial charge in [-0.2, -0.15) is 0 Å². The zero-order chi connectivity index (χ0) is 18.0. The van der Waals surface area contributed by atoms with E-state index in [0.29, 0.717) is 11.8 Å². The van der Waals surface area contributed by atoms with E-state index in [1.807, 2.05) is 27.7 Å². The van der Waals surface area contributed by atoms with Crippen molar-refractivity contribution >= 4 is 7.60 Å². The second-order valence-electron chi connectivity index (χ2n) is 6.68. The zero-order valence-corrected chi connectivity index (χ0v) is 16.7. The van der Waals surface area contributed by atoms with Gasteiger partial charge in [-0.15, -0.1) is 10.2 Å². The Kier molecular flexibility index (Phi) is 9.79. The molecule has 0 saturated heterocycles. The number of aromatic nitrogens is 2. The van der Waals surface area contributed by atoms with Crippen molar-refractivity contribution in [3.8, 4) is 0 Å². The van der Waals surface area contributed by atoms with Crippen molar-refractivity contribution in [1.82, 2.24) is 10.2 Å². The van der Waals surface area contributed by atoms with Crippen molar-refractivity contribution < 1.29 is 18.0 Å². The molecule has 0 saturated carbocycles. The molecule has 0 bridgehead atoms. The van der Waals surface area contributed by atoms with Crippen molar-refractivity contribution in [3.63, 3.8) is 0 Å². The first-order chi connectivity index (χ1) is 11.3. The maximum Gasteiger partial charge on any atom is 0.340 e. The van der Waals surface area contributed by atoms with Gasteiger partial charge in [-0.25, -0.2) is 0 Å². The van der Waals surface area contributed by atoms with Crippen LogP contribution in [0.3, 0.4) is 0 Å². The number of aryl methyl sites for hydroxylation is 1. The zero-order valence-electron chi connectivity index (χ0n) is 15.8. The molecule has 0 radical (unpaired) electrons. The van der Waals surface area contributed by atoms with Crippen LogP contribution in [0.1, 0.15) is 84.9 Å². The summed E-state index contributed by atoms with van der Waals surface area (Å²) in [6.45, 7) is 9.52. The summed E-state index contributed by atoms with van der Waals surface area (Å²) in [5.41, 5.74) is 0. The van der Waals surface area contributed by atoms with E-state index in [9.17, 15) is 4.57 Å². The molecule has 1 rings (SSSR count). The predicted octanol–water partition coefficient (Wildman–Crippen LogP) is 5.52. The number of hydrogen-bond donors (Lipinski definition) is 0. The van der Waals surface area contributed by atoms with Crippen LogP contribution in [0.25, 0.3) is 0 Å². The van der Waals surface area contributed by atoms with Gasteiger partial charge in [-0.3, -0.25) is 4.57 Å². The van der Waals surface area contributed by atoms with Gasteiger partial charge in [0.25, 0.3) is 0 Å². The van der Waals surface area contributed by atoms with Gasteiger partial charge >= 0.3 is 7.60 Å². The first kappa shape index (κ1) is 21.3. The Morgan fingerprint density at radius 1 is 0.917 bits per heavy atom. The molecule has 0 aliphatic carbocycles. The lowest BCUT2D eigenvalue weighted by Crippen LogP contribution is -2.09. The molecule has 0 aliphatic rings. The van der Waals surface area contributed by atoms with Gasteiger partial charge in [0, 0.05) is 6.42 Å². The summed E-state index contributed by atoms with van der Waals surface area (Å²) in [4.78, 5) is 0. The molecule has 0 unspecified atom stereocenters. The number of rotatable bonds is 13. The van der Waals surface area contributed by atoms with E-state index in [0.717, 1.165) is 12.8 Å². The molecule has 0 N–H and O–H groups in total. The van der Waals surface area contributed by atoms with Gasteiger partial charge in [0.05, 0.1) is 12.2 Å². The second-order valence-corrected chi connectivity index (χ2v) is 8.64. The van der Waals surface area contributed by atoms with Crippen molar-refractivity contribution in [1.29, 1.82) is 0 Å².